The molecule has 0 aliphatic heterocycles. The normalized spacial score (nSPS) is 12.0. The van der Waals surface area contributed by atoms with Crippen LogP contribution < -0.4 is 5.32 Å². The van der Waals surface area contributed by atoms with Gasteiger partial charge in [-0.2, -0.15) is 0 Å². The molecule has 1 N–H and O–H groups in total. The van der Waals surface area contributed by atoms with Crippen molar-refractivity contribution in [1.29, 1.82) is 0 Å². The summed E-state index contributed by atoms with van der Waals surface area (Å²) in [6.45, 7) is 6.20. The maximum atomic E-state index is 12.0. The fraction of sp³-hybridized carbons (Fsp3) is 0.278. The molecule has 1 atom stereocenters. The van der Waals surface area contributed by atoms with E-state index in [2.05, 4.69) is 37.4 Å². The number of amides is 1. The number of carbonyl (C=O) groups excluding carboxylic acids is 1. The van der Waals surface area contributed by atoms with Gasteiger partial charge in [-0.1, -0.05) is 42.0 Å². The lowest BCUT2D eigenvalue weighted by Gasteiger charge is -2.17. The average molecular weight is 299 g/mol. The Labute approximate surface area is 131 Å². The minimum atomic E-state index is 0.0365. The molecule has 2 aromatic rings. The Bertz CT molecular complexity index is 610. The molecule has 0 radical (unpaired) electrons. The Kier molecular flexibility index (Phi) is 5.45. The van der Waals surface area contributed by atoms with Crippen LogP contribution in [0.5, 0.6) is 0 Å². The van der Waals surface area contributed by atoms with E-state index in [9.17, 15) is 4.79 Å². The maximum Gasteiger partial charge on any atom is 0.230 e. The van der Waals surface area contributed by atoms with Gasteiger partial charge in [0.05, 0.1) is 11.8 Å². The molecule has 0 unspecified atom stereocenters. The van der Waals surface area contributed by atoms with Crippen LogP contribution in [0.1, 0.15) is 29.7 Å². The molecule has 0 fully saturated rings. The average Bonchev–Trinajstić information content (AvgIpc) is 2.46. The fourth-order valence-corrected chi connectivity index (χ4v) is 3.07. The van der Waals surface area contributed by atoms with Crippen molar-refractivity contribution >= 4 is 17.7 Å². The van der Waals surface area contributed by atoms with Crippen LogP contribution in [0.4, 0.5) is 0 Å². The smallest absolute Gasteiger partial charge is 0.230 e. The largest absolute Gasteiger partial charge is 0.349 e. The summed E-state index contributed by atoms with van der Waals surface area (Å²) in [5, 5.41) is 3.07. The first kappa shape index (κ1) is 15.6. The first-order valence-electron chi connectivity index (χ1n) is 7.10. The van der Waals surface area contributed by atoms with Crippen molar-refractivity contribution in [2.75, 3.05) is 5.75 Å². The lowest BCUT2D eigenvalue weighted by molar-refractivity contribution is -0.119. The van der Waals surface area contributed by atoms with Crippen molar-refractivity contribution in [3.8, 4) is 0 Å². The molecule has 0 aromatic heterocycles. The number of rotatable bonds is 5. The van der Waals surface area contributed by atoms with Crippen LogP contribution in [0.15, 0.2) is 53.4 Å². The molecular formula is C18H21NOS. The number of carbonyl (C=O) groups is 1. The predicted octanol–water partition coefficient (Wildman–Crippen LogP) is 4.27. The number of nitrogens with one attached hydrogen (secondary N) is 1. The molecule has 21 heavy (non-hydrogen) atoms. The van der Waals surface area contributed by atoms with E-state index in [1.807, 2.05) is 37.3 Å². The van der Waals surface area contributed by atoms with Gasteiger partial charge in [0.25, 0.3) is 0 Å². The third kappa shape index (κ3) is 4.64. The molecule has 2 aromatic carbocycles. The van der Waals surface area contributed by atoms with Crippen LogP contribution in [0, 0.1) is 13.8 Å². The number of hydrogen-bond acceptors (Lipinski definition) is 2. The van der Waals surface area contributed by atoms with E-state index in [1.165, 1.54) is 16.7 Å². The SMILES string of the molecule is Cc1ccc([C@@H](C)NC(=O)CSc2ccccc2)c(C)c1. The van der Waals surface area contributed by atoms with Crippen molar-refractivity contribution in [2.45, 2.75) is 31.7 Å². The molecule has 0 saturated carbocycles. The van der Waals surface area contributed by atoms with Gasteiger partial charge >= 0.3 is 0 Å². The van der Waals surface area contributed by atoms with Crippen LogP contribution in [0.3, 0.4) is 0 Å². The van der Waals surface area contributed by atoms with Crippen LogP contribution in [0.25, 0.3) is 0 Å². The molecule has 2 nitrogen and oxygen atoms in total. The first-order valence-corrected chi connectivity index (χ1v) is 8.09. The molecule has 0 aliphatic carbocycles. The number of hydrogen-bond donors (Lipinski definition) is 1. The second kappa shape index (κ2) is 7.32. The molecular weight excluding hydrogens is 278 g/mol. The van der Waals surface area contributed by atoms with E-state index in [0.717, 1.165) is 4.90 Å². The minimum Gasteiger partial charge on any atom is -0.349 e. The number of benzene rings is 2. The maximum absolute atomic E-state index is 12.0. The van der Waals surface area contributed by atoms with E-state index < -0.39 is 0 Å². The van der Waals surface area contributed by atoms with Gasteiger partial charge < -0.3 is 5.32 Å². The zero-order valence-electron chi connectivity index (χ0n) is 12.7. The van der Waals surface area contributed by atoms with Crippen molar-refractivity contribution in [1.82, 2.24) is 5.32 Å². The van der Waals surface area contributed by atoms with Gasteiger partial charge in [-0.25, -0.2) is 0 Å². The second-order valence-corrected chi connectivity index (χ2v) is 6.30. The number of thioether (sulfide) groups is 1. The third-order valence-electron chi connectivity index (χ3n) is 3.38. The Morgan fingerprint density at radius 1 is 1.14 bits per heavy atom. The predicted molar refractivity (Wildman–Crippen MR) is 89.6 cm³/mol. The zero-order valence-corrected chi connectivity index (χ0v) is 13.5. The second-order valence-electron chi connectivity index (χ2n) is 5.25. The quantitative estimate of drug-likeness (QED) is 0.835. The lowest BCUT2D eigenvalue weighted by atomic mass is 10.0. The van der Waals surface area contributed by atoms with E-state index in [1.54, 1.807) is 11.8 Å². The van der Waals surface area contributed by atoms with Crippen LogP contribution in [-0.4, -0.2) is 11.7 Å². The van der Waals surface area contributed by atoms with Crippen molar-refractivity contribution in [3.63, 3.8) is 0 Å². The van der Waals surface area contributed by atoms with Gasteiger partial charge in [0.2, 0.25) is 5.91 Å². The van der Waals surface area contributed by atoms with E-state index >= 15 is 0 Å². The summed E-state index contributed by atoms with van der Waals surface area (Å²) >= 11 is 1.56. The highest BCUT2D eigenvalue weighted by atomic mass is 32.2. The highest BCUT2D eigenvalue weighted by Gasteiger charge is 2.11. The van der Waals surface area contributed by atoms with Gasteiger partial charge in [-0.05, 0) is 44.0 Å². The lowest BCUT2D eigenvalue weighted by Crippen LogP contribution is -2.28. The highest BCUT2D eigenvalue weighted by molar-refractivity contribution is 8.00. The van der Waals surface area contributed by atoms with Crippen molar-refractivity contribution in [2.24, 2.45) is 0 Å². The summed E-state index contributed by atoms with van der Waals surface area (Å²) in [5.74, 6) is 0.510. The van der Waals surface area contributed by atoms with Gasteiger partial charge in [-0.3, -0.25) is 4.79 Å². The Morgan fingerprint density at radius 2 is 1.86 bits per heavy atom. The molecule has 0 heterocycles. The fourth-order valence-electron chi connectivity index (χ4n) is 2.34. The molecule has 0 saturated heterocycles. The van der Waals surface area contributed by atoms with Gasteiger partial charge in [0.15, 0.2) is 0 Å². The summed E-state index contributed by atoms with van der Waals surface area (Å²) in [6.07, 6.45) is 0. The molecule has 0 spiro atoms. The van der Waals surface area contributed by atoms with Crippen molar-refractivity contribution in [3.05, 3.63) is 65.2 Å². The molecule has 1 amide bonds. The third-order valence-corrected chi connectivity index (χ3v) is 4.39. The summed E-state index contributed by atoms with van der Waals surface area (Å²) in [4.78, 5) is 13.2. The van der Waals surface area contributed by atoms with E-state index in [-0.39, 0.29) is 11.9 Å². The van der Waals surface area contributed by atoms with Gasteiger partial charge in [0, 0.05) is 4.90 Å². The van der Waals surface area contributed by atoms with Gasteiger partial charge in [0.1, 0.15) is 0 Å². The first-order chi connectivity index (χ1) is 10.1. The zero-order chi connectivity index (χ0) is 15.2. The van der Waals surface area contributed by atoms with Crippen molar-refractivity contribution < 1.29 is 4.79 Å². The minimum absolute atomic E-state index is 0.0365. The highest BCUT2D eigenvalue weighted by Crippen LogP contribution is 2.20. The molecule has 3 heteroatoms. The Hall–Kier alpha value is -1.74. The molecule has 0 bridgehead atoms. The monoisotopic (exact) mass is 299 g/mol. The van der Waals surface area contributed by atoms with Crippen LogP contribution in [-0.2, 0) is 4.79 Å². The molecule has 110 valence electrons. The summed E-state index contributed by atoms with van der Waals surface area (Å²) in [5.41, 5.74) is 3.64. The number of aryl methyl sites for hydroxylation is 2. The van der Waals surface area contributed by atoms with E-state index in [0.29, 0.717) is 5.75 Å². The van der Waals surface area contributed by atoms with Gasteiger partial charge in [-0.15, -0.1) is 11.8 Å². The Balaban J connectivity index is 1.90. The topological polar surface area (TPSA) is 29.1 Å². The molecule has 2 rings (SSSR count). The standard InChI is InChI=1S/C18H21NOS/c1-13-9-10-17(14(2)11-13)15(3)19-18(20)12-21-16-7-5-4-6-8-16/h4-11,15H,12H2,1-3H3,(H,19,20)/t15-/m1/s1. The summed E-state index contributed by atoms with van der Waals surface area (Å²) in [6, 6.07) is 16.4. The van der Waals surface area contributed by atoms with E-state index in [4.69, 9.17) is 0 Å². The Morgan fingerprint density at radius 3 is 2.52 bits per heavy atom. The summed E-state index contributed by atoms with van der Waals surface area (Å²) < 4.78 is 0. The van der Waals surface area contributed by atoms with Crippen LogP contribution >= 0.6 is 11.8 Å². The van der Waals surface area contributed by atoms with Crippen LogP contribution in [0.2, 0.25) is 0 Å². The molecule has 0 aliphatic rings. The summed E-state index contributed by atoms with van der Waals surface area (Å²) in [7, 11) is 0.